The lowest BCUT2D eigenvalue weighted by Gasteiger charge is -2.22. The molecule has 0 saturated heterocycles. The summed E-state index contributed by atoms with van der Waals surface area (Å²) < 4.78 is 2.43. The zero-order valence-electron chi connectivity index (χ0n) is 12.8. The Balaban J connectivity index is 2.30. The van der Waals surface area contributed by atoms with Crippen LogP contribution in [-0.2, 0) is 12.0 Å². The van der Waals surface area contributed by atoms with E-state index in [1.54, 1.807) is 4.68 Å². The fraction of sp³-hybridized carbons (Fsp3) is 0.375. The van der Waals surface area contributed by atoms with Gasteiger partial charge in [0.05, 0.1) is 4.47 Å². The van der Waals surface area contributed by atoms with Crippen molar-refractivity contribution in [2.75, 3.05) is 5.32 Å². The fourth-order valence-electron chi connectivity index (χ4n) is 2.14. The number of para-hydroxylation sites is 1. The Morgan fingerprint density at radius 1 is 1.33 bits per heavy atom. The minimum atomic E-state index is -0.203. The monoisotopic (exact) mass is 349 g/mol. The van der Waals surface area contributed by atoms with Gasteiger partial charge in [-0.3, -0.25) is 9.48 Å². The first-order valence-electron chi connectivity index (χ1n) is 6.96. The highest BCUT2D eigenvalue weighted by molar-refractivity contribution is 9.10. The molecule has 0 aliphatic rings. The number of aromatic nitrogens is 2. The van der Waals surface area contributed by atoms with Crippen LogP contribution in [0.2, 0.25) is 0 Å². The number of hydrogen-bond donors (Lipinski definition) is 1. The van der Waals surface area contributed by atoms with Gasteiger partial charge >= 0.3 is 0 Å². The summed E-state index contributed by atoms with van der Waals surface area (Å²) in [5.41, 5.74) is 2.29. The molecule has 1 aromatic heterocycles. The van der Waals surface area contributed by atoms with Crippen molar-refractivity contribution in [3.8, 4) is 0 Å². The molecule has 0 unspecified atom stereocenters. The van der Waals surface area contributed by atoms with Gasteiger partial charge < -0.3 is 5.32 Å². The number of aryl methyl sites for hydroxylation is 1. The average molecular weight is 350 g/mol. The first-order chi connectivity index (χ1) is 9.82. The summed E-state index contributed by atoms with van der Waals surface area (Å²) in [7, 11) is 0. The Morgan fingerprint density at radius 3 is 2.57 bits per heavy atom. The highest BCUT2D eigenvalue weighted by Gasteiger charge is 2.21. The van der Waals surface area contributed by atoms with Crippen LogP contribution in [0.4, 0.5) is 5.69 Å². The number of amides is 1. The fourth-order valence-corrected chi connectivity index (χ4v) is 2.64. The molecule has 2 rings (SSSR count). The summed E-state index contributed by atoms with van der Waals surface area (Å²) in [6.45, 7) is 9.08. The van der Waals surface area contributed by atoms with Crippen molar-refractivity contribution in [2.45, 2.75) is 39.7 Å². The Bertz CT molecular complexity index is 656. The average Bonchev–Trinajstić information content (AvgIpc) is 2.79. The maximum atomic E-state index is 12.4. The second-order valence-corrected chi connectivity index (χ2v) is 6.79. The van der Waals surface area contributed by atoms with Crippen molar-refractivity contribution in [2.24, 2.45) is 0 Å². The van der Waals surface area contributed by atoms with Crippen molar-refractivity contribution in [3.63, 3.8) is 0 Å². The van der Waals surface area contributed by atoms with Crippen LogP contribution in [0.5, 0.6) is 0 Å². The van der Waals surface area contributed by atoms with Gasteiger partial charge in [-0.15, -0.1) is 0 Å². The van der Waals surface area contributed by atoms with Crippen LogP contribution in [0.15, 0.2) is 34.9 Å². The topological polar surface area (TPSA) is 46.9 Å². The minimum absolute atomic E-state index is 0.0378. The van der Waals surface area contributed by atoms with E-state index in [2.05, 4.69) is 47.1 Å². The lowest BCUT2D eigenvalue weighted by molar-refractivity contribution is 0.102. The molecule has 5 heteroatoms. The standard InChI is InChI=1S/C16H20BrN3O/c1-5-20-10-12(17)14(19-20)15(21)18-13-9-7-6-8-11(13)16(2,3)4/h6-10H,5H2,1-4H3,(H,18,21). The maximum Gasteiger partial charge on any atom is 0.277 e. The number of nitrogens with zero attached hydrogens (tertiary/aromatic N) is 2. The number of rotatable bonds is 3. The third kappa shape index (κ3) is 3.53. The van der Waals surface area contributed by atoms with Crippen LogP contribution >= 0.6 is 15.9 Å². The Kier molecular flexibility index (Phi) is 4.52. The van der Waals surface area contributed by atoms with E-state index in [1.165, 1.54) is 0 Å². The van der Waals surface area contributed by atoms with Crippen molar-refractivity contribution in [1.29, 1.82) is 0 Å². The number of anilines is 1. The van der Waals surface area contributed by atoms with Crippen molar-refractivity contribution >= 4 is 27.5 Å². The summed E-state index contributed by atoms with van der Waals surface area (Å²) in [5, 5.41) is 7.24. The van der Waals surface area contributed by atoms with Gasteiger partial charge in [-0.1, -0.05) is 39.0 Å². The van der Waals surface area contributed by atoms with E-state index in [4.69, 9.17) is 0 Å². The highest BCUT2D eigenvalue weighted by Crippen LogP contribution is 2.29. The molecule has 21 heavy (non-hydrogen) atoms. The largest absolute Gasteiger partial charge is 0.320 e. The van der Waals surface area contributed by atoms with Crippen LogP contribution < -0.4 is 5.32 Å². The van der Waals surface area contributed by atoms with Gasteiger partial charge in [0.2, 0.25) is 0 Å². The molecule has 0 radical (unpaired) electrons. The summed E-state index contributed by atoms with van der Waals surface area (Å²) in [5.74, 6) is -0.203. The maximum absolute atomic E-state index is 12.4. The van der Waals surface area contributed by atoms with E-state index in [-0.39, 0.29) is 11.3 Å². The van der Waals surface area contributed by atoms with E-state index >= 15 is 0 Å². The van der Waals surface area contributed by atoms with Gasteiger partial charge in [-0.25, -0.2) is 0 Å². The summed E-state index contributed by atoms with van der Waals surface area (Å²) >= 11 is 3.39. The molecule has 0 aliphatic carbocycles. The van der Waals surface area contributed by atoms with Gasteiger partial charge in [-0.05, 0) is 39.9 Å². The summed E-state index contributed by atoms with van der Waals surface area (Å²) in [6, 6.07) is 7.86. The van der Waals surface area contributed by atoms with Gasteiger partial charge in [0.15, 0.2) is 5.69 Å². The number of hydrogen-bond acceptors (Lipinski definition) is 2. The number of carbonyl (C=O) groups excluding carboxylic acids is 1. The van der Waals surface area contributed by atoms with Crippen LogP contribution in [0.3, 0.4) is 0 Å². The van der Waals surface area contributed by atoms with E-state index in [0.29, 0.717) is 10.2 Å². The molecule has 1 amide bonds. The molecule has 0 fully saturated rings. The normalized spacial score (nSPS) is 11.5. The summed E-state index contributed by atoms with van der Waals surface area (Å²) in [6.07, 6.45) is 1.81. The number of benzene rings is 1. The molecule has 1 aromatic carbocycles. The lowest BCUT2D eigenvalue weighted by Crippen LogP contribution is -2.19. The molecular formula is C16H20BrN3O. The molecule has 112 valence electrons. The molecule has 0 bridgehead atoms. The van der Waals surface area contributed by atoms with Gasteiger partial charge in [0.1, 0.15) is 0 Å². The van der Waals surface area contributed by atoms with E-state index in [0.717, 1.165) is 17.8 Å². The van der Waals surface area contributed by atoms with E-state index < -0.39 is 0 Å². The van der Waals surface area contributed by atoms with Crippen LogP contribution in [-0.4, -0.2) is 15.7 Å². The third-order valence-electron chi connectivity index (χ3n) is 3.24. The number of carbonyl (C=O) groups is 1. The zero-order valence-corrected chi connectivity index (χ0v) is 14.4. The zero-order chi connectivity index (χ0) is 15.6. The molecule has 4 nitrogen and oxygen atoms in total. The van der Waals surface area contributed by atoms with Crippen LogP contribution in [0.1, 0.15) is 43.7 Å². The molecule has 2 aromatic rings. The molecule has 0 atom stereocenters. The lowest BCUT2D eigenvalue weighted by atomic mass is 9.86. The first kappa shape index (κ1) is 15.8. The molecule has 0 saturated carbocycles. The van der Waals surface area contributed by atoms with E-state index in [1.807, 2.05) is 37.4 Å². The Labute approximate surface area is 133 Å². The van der Waals surface area contributed by atoms with Crippen LogP contribution in [0, 0.1) is 0 Å². The van der Waals surface area contributed by atoms with Crippen LogP contribution in [0.25, 0.3) is 0 Å². The first-order valence-corrected chi connectivity index (χ1v) is 7.76. The van der Waals surface area contributed by atoms with Gasteiger partial charge in [-0.2, -0.15) is 5.10 Å². The Hall–Kier alpha value is -1.62. The SMILES string of the molecule is CCn1cc(Br)c(C(=O)Nc2ccccc2C(C)(C)C)n1. The molecule has 1 N–H and O–H groups in total. The van der Waals surface area contributed by atoms with Crippen molar-refractivity contribution in [3.05, 3.63) is 46.2 Å². The molecule has 0 aliphatic heterocycles. The quantitative estimate of drug-likeness (QED) is 0.901. The predicted octanol–water partition coefficient (Wildman–Crippen LogP) is 4.22. The minimum Gasteiger partial charge on any atom is -0.320 e. The predicted molar refractivity (Wildman–Crippen MR) is 88.7 cm³/mol. The van der Waals surface area contributed by atoms with Crippen molar-refractivity contribution < 1.29 is 4.79 Å². The second kappa shape index (κ2) is 6.02. The van der Waals surface area contributed by atoms with E-state index in [9.17, 15) is 4.79 Å². The highest BCUT2D eigenvalue weighted by atomic mass is 79.9. The third-order valence-corrected chi connectivity index (χ3v) is 3.82. The second-order valence-electron chi connectivity index (χ2n) is 5.93. The van der Waals surface area contributed by atoms with Gasteiger partial charge in [0, 0.05) is 18.4 Å². The molecular weight excluding hydrogens is 330 g/mol. The van der Waals surface area contributed by atoms with Gasteiger partial charge in [0.25, 0.3) is 5.91 Å². The number of nitrogens with one attached hydrogen (secondary N) is 1. The molecule has 1 heterocycles. The van der Waals surface area contributed by atoms with Crippen molar-refractivity contribution in [1.82, 2.24) is 9.78 Å². The smallest absolute Gasteiger partial charge is 0.277 e. The summed E-state index contributed by atoms with van der Waals surface area (Å²) in [4.78, 5) is 12.4. The number of halogens is 1. The molecule has 0 spiro atoms. The Morgan fingerprint density at radius 2 is 2.00 bits per heavy atom.